The number of rotatable bonds is 19. The minimum Gasteiger partial charge on any atom is -0.462 e. The molecule has 0 aromatic carbocycles. The first kappa shape index (κ1) is 56.7. The lowest BCUT2D eigenvalue weighted by atomic mass is 9.82. The molecule has 0 radical (unpaired) electrons. The predicted octanol–water partition coefficient (Wildman–Crippen LogP) is 4.17. The number of allylic oxidation sites excluding steroid dienone is 4. The van der Waals surface area contributed by atoms with Crippen LogP contribution in [0.25, 0.3) is 0 Å². The van der Waals surface area contributed by atoms with Gasteiger partial charge in [-0.1, -0.05) is 95.2 Å². The molecule has 2 rings (SSSR count). The Balaban J connectivity index is 2.30. The molecule has 364 valence electrons. The van der Waals surface area contributed by atoms with E-state index in [2.05, 4.69) is 31.2 Å². The number of aliphatic hydroxyl groups excluding tert-OH is 8. The SMILES string of the molecule is CCC/C=C\C/C=C\CCCCCCCC(=O)O[C@@H]1COC(=O)CCCCC(=O)C[C@@H]2[C@@H](O)[C@H](O)[C@@H](O)[C@H](OP(=O)(O)OC1)[C@H](O)[C@H](O)[C@@H](/C=C/[C@@H](O)CCCCC)[C@H](O)C[C@@H]2O. The van der Waals surface area contributed by atoms with Crippen LogP contribution in [0.3, 0.4) is 0 Å². The van der Waals surface area contributed by atoms with E-state index in [0.29, 0.717) is 19.3 Å². The number of phosphoric ester groups is 1. The van der Waals surface area contributed by atoms with Crippen molar-refractivity contribution in [2.75, 3.05) is 13.2 Å². The molecular formula is C45H77O17P. The van der Waals surface area contributed by atoms with Gasteiger partial charge in [0.1, 0.15) is 36.8 Å². The topological polar surface area (TPSA) is 287 Å². The van der Waals surface area contributed by atoms with E-state index in [-0.39, 0.29) is 32.1 Å². The van der Waals surface area contributed by atoms with Crippen molar-refractivity contribution in [1.82, 2.24) is 0 Å². The first-order valence-corrected chi connectivity index (χ1v) is 24.5. The number of cyclic esters (lactones) is 1. The Kier molecular flexibility index (Phi) is 28.4. The molecule has 1 saturated heterocycles. The number of unbranched alkanes of at least 4 members (excludes halogenated alkanes) is 8. The van der Waals surface area contributed by atoms with Gasteiger partial charge in [0.15, 0.2) is 6.10 Å². The molecule has 1 unspecified atom stereocenters. The molecule has 1 aliphatic carbocycles. The summed E-state index contributed by atoms with van der Waals surface area (Å²) in [7, 11) is -5.50. The molecule has 0 spiro atoms. The van der Waals surface area contributed by atoms with Crippen LogP contribution < -0.4 is 0 Å². The van der Waals surface area contributed by atoms with Crippen LogP contribution >= 0.6 is 7.82 Å². The van der Waals surface area contributed by atoms with Gasteiger partial charge in [-0.25, -0.2) is 4.57 Å². The van der Waals surface area contributed by atoms with E-state index in [1.54, 1.807) is 0 Å². The van der Waals surface area contributed by atoms with Crippen LogP contribution in [0.4, 0.5) is 0 Å². The molecule has 0 aromatic heterocycles. The van der Waals surface area contributed by atoms with Crippen LogP contribution in [-0.4, -0.2) is 138 Å². The zero-order valence-corrected chi connectivity index (χ0v) is 38.1. The molecule has 2 aliphatic rings. The summed E-state index contributed by atoms with van der Waals surface area (Å²) in [6.07, 6.45) is 0.666. The zero-order chi connectivity index (χ0) is 46.8. The number of hydrogen-bond donors (Lipinski definition) is 9. The number of ether oxygens (including phenoxy) is 2. The Bertz CT molecular complexity index is 1440. The first-order valence-electron chi connectivity index (χ1n) is 23.0. The number of phosphoric acid groups is 1. The Labute approximate surface area is 372 Å². The molecule has 1 aliphatic heterocycles. The second kappa shape index (κ2) is 31.5. The van der Waals surface area contributed by atoms with Gasteiger partial charge in [0.05, 0.1) is 37.1 Å². The maximum Gasteiger partial charge on any atom is 0.472 e. The summed E-state index contributed by atoms with van der Waals surface area (Å²) in [6.45, 7) is 2.61. The molecule has 1 saturated carbocycles. The molecule has 1 heterocycles. The molecule has 63 heavy (non-hydrogen) atoms. The summed E-state index contributed by atoms with van der Waals surface area (Å²) in [6, 6.07) is 0. The second-order valence-electron chi connectivity index (χ2n) is 16.9. The van der Waals surface area contributed by atoms with Crippen molar-refractivity contribution in [1.29, 1.82) is 0 Å². The van der Waals surface area contributed by atoms with Crippen molar-refractivity contribution in [3.8, 4) is 0 Å². The lowest BCUT2D eigenvalue weighted by molar-refractivity contribution is -0.168. The van der Waals surface area contributed by atoms with Crippen LogP contribution in [0.1, 0.15) is 142 Å². The van der Waals surface area contributed by atoms with Crippen molar-refractivity contribution < 1.29 is 83.2 Å². The normalized spacial score (nSPS) is 33.2. The lowest BCUT2D eigenvalue weighted by Gasteiger charge is -2.37. The van der Waals surface area contributed by atoms with Gasteiger partial charge >= 0.3 is 19.8 Å². The highest BCUT2D eigenvalue weighted by molar-refractivity contribution is 7.47. The summed E-state index contributed by atoms with van der Waals surface area (Å²) in [5.74, 6) is -5.05. The number of carbonyl (C=O) groups excluding carboxylic acids is 3. The van der Waals surface area contributed by atoms with Crippen molar-refractivity contribution in [2.45, 2.75) is 203 Å². The second-order valence-corrected chi connectivity index (χ2v) is 18.3. The molecule has 18 heteroatoms. The van der Waals surface area contributed by atoms with E-state index in [1.165, 1.54) is 12.2 Å². The van der Waals surface area contributed by atoms with E-state index in [0.717, 1.165) is 64.2 Å². The number of hydrogen-bond acceptors (Lipinski definition) is 16. The summed E-state index contributed by atoms with van der Waals surface area (Å²) >= 11 is 0. The predicted molar refractivity (Wildman–Crippen MR) is 233 cm³/mol. The number of esters is 2. The van der Waals surface area contributed by atoms with Gasteiger partial charge in [-0.15, -0.1) is 0 Å². The van der Waals surface area contributed by atoms with Crippen LogP contribution in [0, 0.1) is 11.8 Å². The number of Topliss-reactive ketones (excluding diaryl/α,β-unsaturated/α-hetero) is 1. The molecule has 0 aromatic rings. The summed E-state index contributed by atoms with van der Waals surface area (Å²) in [5, 5.41) is 90.0. The van der Waals surface area contributed by atoms with Crippen LogP contribution in [0.15, 0.2) is 36.5 Å². The maximum atomic E-state index is 13.5. The molecule has 9 N–H and O–H groups in total. The van der Waals surface area contributed by atoms with E-state index in [9.17, 15) is 64.7 Å². The highest BCUT2D eigenvalue weighted by atomic mass is 31.2. The highest BCUT2D eigenvalue weighted by Gasteiger charge is 2.49. The Morgan fingerprint density at radius 2 is 1.44 bits per heavy atom. The summed E-state index contributed by atoms with van der Waals surface area (Å²) < 4.78 is 34.5. The number of fused-ring (bicyclic) bond motifs is 4. The first-order chi connectivity index (χ1) is 30.0. The smallest absolute Gasteiger partial charge is 0.462 e. The number of carbonyl (C=O) groups is 3. The van der Waals surface area contributed by atoms with Gasteiger partial charge in [-0.05, 0) is 51.4 Å². The van der Waals surface area contributed by atoms with E-state index in [1.807, 2.05) is 6.92 Å². The Hall–Kier alpha value is -2.38. The van der Waals surface area contributed by atoms with Gasteiger partial charge in [0.2, 0.25) is 0 Å². The molecule has 17 nitrogen and oxygen atoms in total. The molecule has 13 atom stereocenters. The fraction of sp³-hybridized carbons (Fsp3) is 0.800. The van der Waals surface area contributed by atoms with Crippen molar-refractivity contribution in [2.24, 2.45) is 11.8 Å². The number of ketones is 1. The third-order valence-electron chi connectivity index (χ3n) is 11.4. The summed E-state index contributed by atoms with van der Waals surface area (Å²) in [5.41, 5.74) is 0. The van der Waals surface area contributed by atoms with Crippen LogP contribution in [-0.2, 0) is 37.5 Å². The lowest BCUT2D eigenvalue weighted by Crippen LogP contribution is -2.56. The highest BCUT2D eigenvalue weighted by Crippen LogP contribution is 2.47. The fourth-order valence-electron chi connectivity index (χ4n) is 7.56. The molecule has 2 fully saturated rings. The fourth-order valence-corrected chi connectivity index (χ4v) is 8.53. The number of aliphatic hydroxyl groups is 8. The quantitative estimate of drug-likeness (QED) is 0.0380. The molecular weight excluding hydrogens is 843 g/mol. The van der Waals surface area contributed by atoms with Crippen molar-refractivity contribution in [3.05, 3.63) is 36.5 Å². The third-order valence-corrected chi connectivity index (χ3v) is 12.4. The minimum atomic E-state index is -5.50. The minimum absolute atomic E-state index is 0.0127. The average Bonchev–Trinajstić information content (AvgIpc) is 3.24. The Morgan fingerprint density at radius 1 is 0.778 bits per heavy atom. The molecule has 0 amide bonds. The largest absolute Gasteiger partial charge is 0.472 e. The van der Waals surface area contributed by atoms with E-state index in [4.69, 9.17) is 18.5 Å². The maximum absolute atomic E-state index is 13.5. The van der Waals surface area contributed by atoms with Crippen LogP contribution in [0.5, 0.6) is 0 Å². The van der Waals surface area contributed by atoms with Crippen molar-refractivity contribution in [3.63, 3.8) is 0 Å². The van der Waals surface area contributed by atoms with E-state index < -0.39 is 124 Å². The van der Waals surface area contributed by atoms with Gasteiger partial charge in [-0.2, -0.15) is 0 Å². The average molecular weight is 921 g/mol. The summed E-state index contributed by atoms with van der Waals surface area (Å²) in [4.78, 5) is 49.6. The van der Waals surface area contributed by atoms with E-state index >= 15 is 0 Å². The molecule has 2 bridgehead atoms. The van der Waals surface area contributed by atoms with Gasteiger partial charge < -0.3 is 55.2 Å². The van der Waals surface area contributed by atoms with Crippen LogP contribution in [0.2, 0.25) is 0 Å². The van der Waals surface area contributed by atoms with Gasteiger partial charge in [-0.3, -0.25) is 23.4 Å². The van der Waals surface area contributed by atoms with Gasteiger partial charge in [0.25, 0.3) is 0 Å². The zero-order valence-electron chi connectivity index (χ0n) is 37.2. The van der Waals surface area contributed by atoms with Gasteiger partial charge in [0, 0.05) is 43.9 Å². The van der Waals surface area contributed by atoms with Crippen molar-refractivity contribution >= 4 is 25.5 Å². The Morgan fingerprint density at radius 3 is 2.16 bits per heavy atom. The standard InChI is InChI=1S/C45H77O17P/c1-3-5-7-8-9-10-11-12-13-14-15-16-18-24-39(51)61-33-29-59-38(50)23-20-19-22-32(47)27-35-37(49)28-36(48)34(26-25-31(46)21-17-6-4-2)40(52)43(55)45(44(56)42(54)41(35)53)62-63(57,58)60-30-33/h7-8,10-11,25-26,31,33-37,40-46,48-49,52-56H,3-6,9,12-24,27-30H2,1-2H3,(H,57,58)/b8-7-,11-10-,26-25+/t31-,33+,34-,35-,36+,37-,40+,41+,42-,43+,44+,45+/m0/s1. The third kappa shape index (κ3) is 22.6. The monoisotopic (exact) mass is 920 g/mol.